The van der Waals surface area contributed by atoms with E-state index in [0.717, 1.165) is 51.6 Å². The highest BCUT2D eigenvalue weighted by molar-refractivity contribution is 6.39. The lowest BCUT2D eigenvalue weighted by atomic mass is 10.1. The summed E-state index contributed by atoms with van der Waals surface area (Å²) in [6.45, 7) is 5.90. The van der Waals surface area contributed by atoms with E-state index in [9.17, 15) is 9.59 Å². The molecule has 1 N–H and O–H groups in total. The van der Waals surface area contributed by atoms with E-state index in [1.807, 2.05) is 4.90 Å². The molecule has 5 heteroatoms. The van der Waals surface area contributed by atoms with E-state index < -0.39 is 0 Å². The van der Waals surface area contributed by atoms with Gasteiger partial charge in [0, 0.05) is 25.9 Å². The molecule has 5 nitrogen and oxygen atoms in total. The predicted molar refractivity (Wildman–Crippen MR) is 80.4 cm³/mol. The minimum atomic E-state index is -0.106. The number of hydrogen-bond donors (Lipinski definition) is 1. The first kappa shape index (κ1) is 16.7. The van der Waals surface area contributed by atoms with Crippen molar-refractivity contribution in [2.75, 3.05) is 13.1 Å². The van der Waals surface area contributed by atoms with Crippen molar-refractivity contribution in [3.05, 3.63) is 0 Å². The van der Waals surface area contributed by atoms with Crippen molar-refractivity contribution in [3.8, 4) is 0 Å². The van der Waals surface area contributed by atoms with Crippen LogP contribution in [0, 0.1) is 0 Å². The second-order valence-corrected chi connectivity index (χ2v) is 5.30. The molecule has 0 radical (unpaired) electrons. The van der Waals surface area contributed by atoms with Gasteiger partial charge in [0.05, 0.1) is 0 Å². The van der Waals surface area contributed by atoms with Crippen molar-refractivity contribution in [1.82, 2.24) is 10.3 Å². The van der Waals surface area contributed by atoms with Crippen molar-refractivity contribution in [3.63, 3.8) is 0 Å². The molecule has 2 amide bonds. The molecular formula is C15H27N3O2. The summed E-state index contributed by atoms with van der Waals surface area (Å²) in [7, 11) is 0. The summed E-state index contributed by atoms with van der Waals surface area (Å²) in [4.78, 5) is 25.4. The number of carbonyl (C=O) groups excluding carboxylic acids is 2. The van der Waals surface area contributed by atoms with Crippen LogP contribution in [-0.2, 0) is 9.59 Å². The highest BCUT2D eigenvalue weighted by Gasteiger charge is 2.22. The molecule has 0 fully saturated rings. The van der Waals surface area contributed by atoms with Crippen molar-refractivity contribution in [2.45, 2.75) is 65.2 Å². The fraction of sp³-hybridized carbons (Fsp3) is 0.800. The first-order valence-corrected chi connectivity index (χ1v) is 7.83. The van der Waals surface area contributed by atoms with E-state index in [0.29, 0.717) is 18.6 Å². The Kier molecular flexibility index (Phi) is 7.92. The van der Waals surface area contributed by atoms with Crippen LogP contribution in [0.2, 0.25) is 0 Å². The summed E-state index contributed by atoms with van der Waals surface area (Å²) < 4.78 is 0. The second-order valence-electron chi connectivity index (χ2n) is 5.30. The Hall–Kier alpha value is -1.39. The molecule has 1 aliphatic heterocycles. The number of rotatable bonds is 9. The largest absolute Gasteiger partial charge is 0.338 e. The van der Waals surface area contributed by atoms with Crippen molar-refractivity contribution in [2.24, 2.45) is 5.10 Å². The summed E-state index contributed by atoms with van der Waals surface area (Å²) in [6.07, 6.45) is 7.47. The number of amides is 2. The highest BCUT2D eigenvalue weighted by atomic mass is 16.2. The van der Waals surface area contributed by atoms with Crippen LogP contribution in [0.3, 0.4) is 0 Å². The smallest absolute Gasteiger partial charge is 0.270 e. The van der Waals surface area contributed by atoms with Gasteiger partial charge >= 0.3 is 0 Å². The molecular weight excluding hydrogens is 254 g/mol. The first-order valence-electron chi connectivity index (χ1n) is 7.83. The van der Waals surface area contributed by atoms with Crippen LogP contribution in [-0.4, -0.2) is 35.5 Å². The van der Waals surface area contributed by atoms with Gasteiger partial charge in [0.2, 0.25) is 5.91 Å². The molecule has 114 valence electrons. The zero-order chi connectivity index (χ0) is 14.8. The second kappa shape index (κ2) is 9.50. The standard InChI is InChI=1S/C15H27N3O2/c1-3-5-7-11-18(12-8-6-4-2)15(20)13-9-10-14(19)17-16-13/h3-12H2,1-2H3,(H,17,19). The average molecular weight is 281 g/mol. The Morgan fingerprint density at radius 3 is 2.15 bits per heavy atom. The van der Waals surface area contributed by atoms with Gasteiger partial charge in [-0.15, -0.1) is 0 Å². The fourth-order valence-corrected chi connectivity index (χ4v) is 2.23. The molecule has 0 bridgehead atoms. The monoisotopic (exact) mass is 281 g/mol. The lowest BCUT2D eigenvalue weighted by Gasteiger charge is -2.24. The maximum Gasteiger partial charge on any atom is 0.270 e. The average Bonchev–Trinajstić information content (AvgIpc) is 2.46. The van der Waals surface area contributed by atoms with Gasteiger partial charge in [0.1, 0.15) is 5.71 Å². The fourth-order valence-electron chi connectivity index (χ4n) is 2.23. The molecule has 0 saturated heterocycles. The quantitative estimate of drug-likeness (QED) is 0.660. The Labute approximate surface area is 121 Å². The van der Waals surface area contributed by atoms with E-state index >= 15 is 0 Å². The first-order chi connectivity index (χ1) is 9.69. The van der Waals surface area contributed by atoms with Gasteiger partial charge in [-0.05, 0) is 12.8 Å². The molecule has 0 atom stereocenters. The summed E-state index contributed by atoms with van der Waals surface area (Å²) in [5.74, 6) is -0.109. The van der Waals surface area contributed by atoms with E-state index in [4.69, 9.17) is 0 Å². The third-order valence-electron chi connectivity index (χ3n) is 3.50. The minimum absolute atomic E-state index is 0.00259. The molecule has 1 aliphatic rings. The molecule has 0 aromatic heterocycles. The van der Waals surface area contributed by atoms with Gasteiger partial charge in [-0.3, -0.25) is 9.59 Å². The lowest BCUT2D eigenvalue weighted by molar-refractivity contribution is -0.124. The molecule has 0 aromatic rings. The summed E-state index contributed by atoms with van der Waals surface area (Å²) in [6, 6.07) is 0. The SMILES string of the molecule is CCCCCN(CCCCC)C(=O)C1=NNC(=O)CC1. The Bertz CT molecular complexity index is 343. The van der Waals surface area contributed by atoms with Gasteiger partial charge in [-0.25, -0.2) is 5.43 Å². The van der Waals surface area contributed by atoms with Crippen molar-refractivity contribution in [1.29, 1.82) is 0 Å². The maximum atomic E-state index is 12.4. The van der Waals surface area contributed by atoms with Crippen molar-refractivity contribution >= 4 is 17.5 Å². The zero-order valence-corrected chi connectivity index (χ0v) is 12.8. The number of nitrogens with one attached hydrogen (secondary N) is 1. The lowest BCUT2D eigenvalue weighted by Crippen LogP contribution is -2.41. The topological polar surface area (TPSA) is 61.8 Å². The summed E-state index contributed by atoms with van der Waals surface area (Å²) in [5.41, 5.74) is 2.90. The molecule has 0 saturated carbocycles. The third kappa shape index (κ3) is 5.72. The van der Waals surface area contributed by atoms with Gasteiger partial charge in [-0.2, -0.15) is 5.10 Å². The number of nitrogens with zero attached hydrogens (tertiary/aromatic N) is 2. The Morgan fingerprint density at radius 1 is 1.10 bits per heavy atom. The normalized spacial score (nSPS) is 14.7. The highest BCUT2D eigenvalue weighted by Crippen LogP contribution is 2.08. The van der Waals surface area contributed by atoms with Crippen LogP contribution in [0.4, 0.5) is 0 Å². The van der Waals surface area contributed by atoms with Gasteiger partial charge in [0.25, 0.3) is 5.91 Å². The van der Waals surface area contributed by atoms with Crippen LogP contribution in [0.5, 0.6) is 0 Å². The van der Waals surface area contributed by atoms with E-state index in [1.54, 1.807) is 0 Å². The van der Waals surface area contributed by atoms with Gasteiger partial charge in [-0.1, -0.05) is 39.5 Å². The van der Waals surface area contributed by atoms with Crippen LogP contribution in [0.25, 0.3) is 0 Å². The number of hydrogen-bond acceptors (Lipinski definition) is 3. The molecule has 0 aromatic carbocycles. The maximum absolute atomic E-state index is 12.4. The molecule has 0 aliphatic carbocycles. The summed E-state index contributed by atoms with van der Waals surface area (Å²) in [5, 5.41) is 3.91. The number of unbranched alkanes of at least 4 members (excludes halogenated alkanes) is 4. The number of hydrazone groups is 1. The molecule has 1 heterocycles. The minimum Gasteiger partial charge on any atom is -0.338 e. The van der Waals surface area contributed by atoms with Gasteiger partial charge in [0.15, 0.2) is 0 Å². The van der Waals surface area contributed by atoms with E-state index in [1.165, 1.54) is 0 Å². The van der Waals surface area contributed by atoms with E-state index in [-0.39, 0.29) is 11.8 Å². The van der Waals surface area contributed by atoms with Crippen LogP contribution >= 0.6 is 0 Å². The van der Waals surface area contributed by atoms with Crippen LogP contribution < -0.4 is 5.43 Å². The number of carbonyl (C=O) groups is 2. The van der Waals surface area contributed by atoms with E-state index in [2.05, 4.69) is 24.4 Å². The van der Waals surface area contributed by atoms with Crippen LogP contribution in [0.15, 0.2) is 5.10 Å². The Morgan fingerprint density at radius 2 is 1.70 bits per heavy atom. The zero-order valence-electron chi connectivity index (χ0n) is 12.8. The van der Waals surface area contributed by atoms with Crippen LogP contribution in [0.1, 0.15) is 65.2 Å². The molecule has 0 unspecified atom stereocenters. The van der Waals surface area contributed by atoms with Gasteiger partial charge < -0.3 is 4.90 Å². The summed E-state index contributed by atoms with van der Waals surface area (Å²) >= 11 is 0. The molecule has 1 rings (SSSR count). The predicted octanol–water partition coefficient (Wildman–Crippen LogP) is 2.46. The molecule has 0 spiro atoms. The Balaban J connectivity index is 2.55. The molecule has 20 heavy (non-hydrogen) atoms. The van der Waals surface area contributed by atoms with Crippen molar-refractivity contribution < 1.29 is 9.59 Å². The third-order valence-corrected chi connectivity index (χ3v) is 3.50.